The smallest absolute Gasteiger partial charge is 0.255 e. The van der Waals surface area contributed by atoms with Gasteiger partial charge in [-0.15, -0.1) is 0 Å². The van der Waals surface area contributed by atoms with E-state index in [1.807, 2.05) is 6.07 Å². The SMILES string of the molecule is O=C(Nc1ccc(F)c(Cl)c1)c1ccc2c(c1)NC(=O)[C@@H]1CCCN21. The highest BCUT2D eigenvalue weighted by atomic mass is 35.5. The van der Waals surface area contributed by atoms with Gasteiger partial charge in [0, 0.05) is 17.8 Å². The highest BCUT2D eigenvalue weighted by molar-refractivity contribution is 6.31. The molecule has 0 spiro atoms. The molecule has 0 saturated carbocycles. The number of fused-ring (bicyclic) bond motifs is 3. The lowest BCUT2D eigenvalue weighted by atomic mass is 10.1. The van der Waals surface area contributed by atoms with Crippen molar-refractivity contribution in [1.29, 1.82) is 0 Å². The van der Waals surface area contributed by atoms with Gasteiger partial charge in [0.1, 0.15) is 11.9 Å². The lowest BCUT2D eigenvalue weighted by Crippen LogP contribution is -2.43. The molecule has 0 bridgehead atoms. The van der Waals surface area contributed by atoms with Crippen LogP contribution in [0.4, 0.5) is 21.5 Å². The predicted octanol–water partition coefficient (Wildman–Crippen LogP) is 3.65. The van der Waals surface area contributed by atoms with Gasteiger partial charge in [-0.05, 0) is 49.2 Å². The van der Waals surface area contributed by atoms with Crippen LogP contribution in [-0.4, -0.2) is 24.4 Å². The minimum Gasteiger partial charge on any atom is -0.358 e. The summed E-state index contributed by atoms with van der Waals surface area (Å²) in [5.74, 6) is -0.938. The third kappa shape index (κ3) is 2.82. The molecule has 25 heavy (non-hydrogen) atoms. The summed E-state index contributed by atoms with van der Waals surface area (Å²) in [6.45, 7) is 0.838. The molecule has 0 unspecified atom stereocenters. The topological polar surface area (TPSA) is 61.4 Å². The van der Waals surface area contributed by atoms with Crippen LogP contribution in [0.5, 0.6) is 0 Å². The number of hydrogen-bond acceptors (Lipinski definition) is 3. The Morgan fingerprint density at radius 1 is 1.28 bits per heavy atom. The van der Waals surface area contributed by atoms with Crippen LogP contribution in [0.25, 0.3) is 0 Å². The Morgan fingerprint density at radius 3 is 2.92 bits per heavy atom. The van der Waals surface area contributed by atoms with Crippen molar-refractivity contribution < 1.29 is 14.0 Å². The van der Waals surface area contributed by atoms with Crippen molar-refractivity contribution in [3.05, 3.63) is 52.8 Å². The molecule has 0 aromatic heterocycles. The minimum absolute atomic E-state index is 0.0344. The molecule has 1 saturated heterocycles. The van der Waals surface area contributed by atoms with Crippen molar-refractivity contribution in [1.82, 2.24) is 0 Å². The van der Waals surface area contributed by atoms with Gasteiger partial charge in [0.2, 0.25) is 5.91 Å². The van der Waals surface area contributed by atoms with Gasteiger partial charge in [0.05, 0.1) is 16.4 Å². The van der Waals surface area contributed by atoms with Gasteiger partial charge in [0.25, 0.3) is 5.91 Å². The number of benzene rings is 2. The van der Waals surface area contributed by atoms with Crippen molar-refractivity contribution in [3.8, 4) is 0 Å². The fourth-order valence-electron chi connectivity index (χ4n) is 3.35. The van der Waals surface area contributed by atoms with Crippen LogP contribution in [0.2, 0.25) is 5.02 Å². The molecule has 2 N–H and O–H groups in total. The molecule has 0 aliphatic carbocycles. The van der Waals surface area contributed by atoms with Gasteiger partial charge in [-0.3, -0.25) is 9.59 Å². The maximum Gasteiger partial charge on any atom is 0.255 e. The zero-order valence-electron chi connectivity index (χ0n) is 13.2. The van der Waals surface area contributed by atoms with Gasteiger partial charge < -0.3 is 15.5 Å². The van der Waals surface area contributed by atoms with Gasteiger partial charge in [-0.25, -0.2) is 4.39 Å². The first-order chi connectivity index (χ1) is 12.0. The molecular formula is C18H15ClFN3O2. The second-order valence-corrected chi connectivity index (χ2v) is 6.56. The Balaban J connectivity index is 1.59. The van der Waals surface area contributed by atoms with E-state index in [0.29, 0.717) is 16.9 Å². The Hall–Kier alpha value is -2.60. The molecule has 7 heteroatoms. The second kappa shape index (κ2) is 6.04. The first-order valence-corrected chi connectivity index (χ1v) is 8.39. The third-order valence-electron chi connectivity index (χ3n) is 4.56. The summed E-state index contributed by atoms with van der Waals surface area (Å²) in [6.07, 6.45) is 1.82. The van der Waals surface area contributed by atoms with E-state index in [1.165, 1.54) is 18.2 Å². The molecular weight excluding hydrogens is 345 g/mol. The van der Waals surface area contributed by atoms with E-state index in [-0.39, 0.29) is 22.9 Å². The number of hydrogen-bond donors (Lipinski definition) is 2. The molecule has 2 amide bonds. The predicted molar refractivity (Wildman–Crippen MR) is 94.8 cm³/mol. The van der Waals surface area contributed by atoms with E-state index >= 15 is 0 Å². The van der Waals surface area contributed by atoms with Crippen molar-refractivity contribution in [2.75, 3.05) is 22.1 Å². The fraction of sp³-hybridized carbons (Fsp3) is 0.222. The highest BCUT2D eigenvalue weighted by Gasteiger charge is 2.36. The fourth-order valence-corrected chi connectivity index (χ4v) is 3.53. The van der Waals surface area contributed by atoms with E-state index in [0.717, 1.165) is 25.1 Å². The zero-order chi connectivity index (χ0) is 17.6. The minimum atomic E-state index is -0.545. The molecule has 2 heterocycles. The number of anilines is 3. The van der Waals surface area contributed by atoms with Gasteiger partial charge >= 0.3 is 0 Å². The maximum atomic E-state index is 13.2. The number of halogens is 2. The number of nitrogens with one attached hydrogen (secondary N) is 2. The standard InChI is InChI=1S/C18H15ClFN3O2/c19-12-9-11(4-5-13(12)20)21-17(24)10-3-6-15-14(8-10)22-18(25)16-2-1-7-23(15)16/h3-6,8-9,16H,1-2,7H2,(H,21,24)(H,22,25)/t16-/m0/s1. The molecule has 5 nitrogen and oxygen atoms in total. The van der Waals surface area contributed by atoms with Crippen LogP contribution in [-0.2, 0) is 4.79 Å². The van der Waals surface area contributed by atoms with E-state index in [1.54, 1.807) is 12.1 Å². The molecule has 2 aliphatic rings. The molecule has 2 aliphatic heterocycles. The maximum absolute atomic E-state index is 13.2. The lowest BCUT2D eigenvalue weighted by molar-refractivity contribution is -0.117. The Labute approximate surface area is 148 Å². The summed E-state index contributed by atoms with van der Waals surface area (Å²) in [5.41, 5.74) is 2.37. The van der Waals surface area contributed by atoms with E-state index in [9.17, 15) is 14.0 Å². The number of rotatable bonds is 2. The van der Waals surface area contributed by atoms with Crippen LogP contribution in [0, 0.1) is 5.82 Å². The Kier molecular flexibility index (Phi) is 3.84. The quantitative estimate of drug-likeness (QED) is 0.860. The molecule has 1 fully saturated rings. The van der Waals surface area contributed by atoms with E-state index in [4.69, 9.17) is 11.6 Å². The number of amides is 2. The van der Waals surface area contributed by atoms with Crippen LogP contribution in [0.15, 0.2) is 36.4 Å². The Bertz CT molecular complexity index is 887. The summed E-state index contributed by atoms with van der Waals surface area (Å²) >= 11 is 5.73. The molecule has 1 atom stereocenters. The summed E-state index contributed by atoms with van der Waals surface area (Å²) in [6, 6.07) is 9.08. The first kappa shape index (κ1) is 15.9. The average Bonchev–Trinajstić information content (AvgIpc) is 3.08. The number of carbonyl (C=O) groups excluding carboxylic acids is 2. The van der Waals surface area contributed by atoms with Gasteiger partial charge in [0.15, 0.2) is 0 Å². The summed E-state index contributed by atoms with van der Waals surface area (Å²) in [7, 11) is 0. The lowest BCUT2D eigenvalue weighted by Gasteiger charge is -2.33. The van der Waals surface area contributed by atoms with Gasteiger partial charge in [-0.1, -0.05) is 11.6 Å². The average molecular weight is 360 g/mol. The van der Waals surface area contributed by atoms with Crippen molar-refractivity contribution >= 4 is 40.5 Å². The highest BCUT2D eigenvalue weighted by Crippen LogP contribution is 2.37. The molecule has 128 valence electrons. The number of nitrogens with zero attached hydrogens (tertiary/aromatic N) is 1. The summed E-state index contributed by atoms with van der Waals surface area (Å²) < 4.78 is 13.2. The third-order valence-corrected chi connectivity index (χ3v) is 4.85. The van der Waals surface area contributed by atoms with Gasteiger partial charge in [-0.2, -0.15) is 0 Å². The second-order valence-electron chi connectivity index (χ2n) is 6.16. The monoisotopic (exact) mass is 359 g/mol. The molecule has 2 aromatic carbocycles. The normalized spacial score (nSPS) is 18.4. The van der Waals surface area contributed by atoms with Crippen LogP contribution >= 0.6 is 11.6 Å². The van der Waals surface area contributed by atoms with E-state index < -0.39 is 5.82 Å². The van der Waals surface area contributed by atoms with Crippen LogP contribution < -0.4 is 15.5 Å². The number of carbonyl (C=O) groups is 2. The largest absolute Gasteiger partial charge is 0.358 e. The molecule has 2 aromatic rings. The zero-order valence-corrected chi connectivity index (χ0v) is 13.9. The van der Waals surface area contributed by atoms with Crippen LogP contribution in [0.1, 0.15) is 23.2 Å². The van der Waals surface area contributed by atoms with Crippen LogP contribution in [0.3, 0.4) is 0 Å². The van der Waals surface area contributed by atoms with Crippen molar-refractivity contribution in [2.24, 2.45) is 0 Å². The first-order valence-electron chi connectivity index (χ1n) is 8.01. The van der Waals surface area contributed by atoms with E-state index in [2.05, 4.69) is 15.5 Å². The van der Waals surface area contributed by atoms with Crippen molar-refractivity contribution in [2.45, 2.75) is 18.9 Å². The molecule has 0 radical (unpaired) electrons. The summed E-state index contributed by atoms with van der Waals surface area (Å²) in [5, 5.41) is 5.49. The molecule has 4 rings (SSSR count). The van der Waals surface area contributed by atoms with Crippen molar-refractivity contribution in [3.63, 3.8) is 0 Å². The Morgan fingerprint density at radius 2 is 2.12 bits per heavy atom. The summed E-state index contributed by atoms with van der Waals surface area (Å²) in [4.78, 5) is 26.7.